The van der Waals surface area contributed by atoms with Gasteiger partial charge in [-0.2, -0.15) is 18.4 Å². The molecule has 0 radical (unpaired) electrons. The highest BCUT2D eigenvalue weighted by Gasteiger charge is 2.35. The lowest BCUT2D eigenvalue weighted by molar-refractivity contribution is -0.137. The Kier molecular flexibility index (Phi) is 7.99. The van der Waals surface area contributed by atoms with Gasteiger partial charge in [-0.05, 0) is 36.4 Å². The number of hydrogen-bond acceptors (Lipinski definition) is 5. The molecule has 0 fully saturated rings. The van der Waals surface area contributed by atoms with Crippen LogP contribution in [0.4, 0.5) is 18.9 Å². The Morgan fingerprint density at radius 1 is 1.26 bits per heavy atom. The average molecular weight is 491 g/mol. The van der Waals surface area contributed by atoms with Crippen molar-refractivity contribution < 1.29 is 21.6 Å². The van der Waals surface area contributed by atoms with Crippen LogP contribution in [0.2, 0.25) is 5.02 Å². The molecule has 6 nitrogen and oxygen atoms in total. The number of hydrogen-bond donors (Lipinski definition) is 2. The fourth-order valence-electron chi connectivity index (χ4n) is 2.79. The largest absolute Gasteiger partial charge is 0.417 e. The number of amidine groups is 1. The zero-order valence-corrected chi connectivity index (χ0v) is 19.0. The highest BCUT2D eigenvalue weighted by Crippen LogP contribution is 2.43. The third-order valence-corrected chi connectivity index (χ3v) is 5.72. The van der Waals surface area contributed by atoms with Crippen LogP contribution in [0.5, 0.6) is 0 Å². The maximum atomic E-state index is 13.8. The van der Waals surface area contributed by atoms with Gasteiger partial charge in [0.15, 0.2) is 11.4 Å². The zero-order valence-electron chi connectivity index (χ0n) is 16.6. The van der Waals surface area contributed by atoms with Crippen molar-refractivity contribution in [3.05, 3.63) is 52.5 Å². The number of benzene rings is 2. The van der Waals surface area contributed by atoms with Crippen molar-refractivity contribution in [3.63, 3.8) is 0 Å². The normalized spacial score (nSPS) is 13.5. The molecular formula is C19H18ClF3N4O2S2. The van der Waals surface area contributed by atoms with Crippen LogP contribution in [-0.2, 0) is 16.2 Å². The summed E-state index contributed by atoms with van der Waals surface area (Å²) in [7, 11) is -3.45. The van der Waals surface area contributed by atoms with Gasteiger partial charge in [0.1, 0.15) is 0 Å². The van der Waals surface area contributed by atoms with E-state index in [0.717, 1.165) is 24.1 Å². The van der Waals surface area contributed by atoms with E-state index in [4.69, 9.17) is 16.9 Å². The Hall–Kier alpha value is -2.26. The van der Waals surface area contributed by atoms with Gasteiger partial charge >= 0.3 is 6.18 Å². The van der Waals surface area contributed by atoms with Gasteiger partial charge in [0, 0.05) is 11.6 Å². The van der Waals surface area contributed by atoms with Gasteiger partial charge in [-0.3, -0.25) is 5.32 Å². The Morgan fingerprint density at radius 2 is 1.87 bits per heavy atom. The number of thioether (sulfide) groups is 1. The SMILES string of the molecule is CSC(=Nc1cc(Cl)c(-c2ccc([C@H](C)NS(C)(=O)=O)cc2)c(C(F)(F)F)c1)NC#N. The number of alkyl halides is 3. The molecule has 12 heteroatoms. The standard InChI is InChI=1S/C19H18ClF3N4O2S2/c1-11(27-31(3,28)29)12-4-6-13(7-5-12)17-15(19(21,22)23)8-14(9-16(17)20)26-18(30-2)25-10-24/h4-9,11,27H,1-3H3,(H,25,26)/t11-/m0/s1. The molecule has 0 spiro atoms. The van der Waals surface area contributed by atoms with E-state index < -0.39 is 27.8 Å². The number of halogens is 4. The predicted octanol–water partition coefficient (Wildman–Crippen LogP) is 5.06. The van der Waals surface area contributed by atoms with Crippen molar-refractivity contribution in [1.82, 2.24) is 10.0 Å². The molecule has 0 heterocycles. The van der Waals surface area contributed by atoms with Crippen LogP contribution < -0.4 is 10.0 Å². The van der Waals surface area contributed by atoms with E-state index >= 15 is 0 Å². The molecule has 1 atom stereocenters. The molecule has 0 unspecified atom stereocenters. The van der Waals surface area contributed by atoms with Gasteiger partial charge in [0.05, 0.1) is 22.5 Å². The summed E-state index contributed by atoms with van der Waals surface area (Å²) in [6.45, 7) is 1.62. The summed E-state index contributed by atoms with van der Waals surface area (Å²) in [5, 5.41) is 10.9. The first-order valence-corrected chi connectivity index (χ1v) is 12.1. The number of aliphatic imine (C=N–C) groups is 1. The van der Waals surface area contributed by atoms with Crippen LogP contribution in [0.3, 0.4) is 0 Å². The minimum Gasteiger partial charge on any atom is -0.271 e. The van der Waals surface area contributed by atoms with E-state index in [2.05, 4.69) is 15.0 Å². The first-order chi connectivity index (χ1) is 14.4. The molecular weight excluding hydrogens is 473 g/mol. The lowest BCUT2D eigenvalue weighted by Crippen LogP contribution is -2.25. The Balaban J connectivity index is 2.55. The molecule has 166 valence electrons. The summed E-state index contributed by atoms with van der Waals surface area (Å²) < 4.78 is 66.6. The summed E-state index contributed by atoms with van der Waals surface area (Å²) in [6, 6.07) is 7.53. The predicted molar refractivity (Wildman–Crippen MR) is 118 cm³/mol. The van der Waals surface area contributed by atoms with Crippen molar-refractivity contribution in [2.75, 3.05) is 12.5 Å². The van der Waals surface area contributed by atoms with Gasteiger partial charge in [-0.1, -0.05) is 47.6 Å². The molecule has 0 saturated heterocycles. The van der Waals surface area contributed by atoms with Crippen molar-refractivity contribution in [3.8, 4) is 17.3 Å². The fraction of sp³-hybridized carbons (Fsp3) is 0.263. The van der Waals surface area contributed by atoms with Crippen molar-refractivity contribution >= 4 is 44.2 Å². The van der Waals surface area contributed by atoms with Gasteiger partial charge in [-0.15, -0.1) is 0 Å². The lowest BCUT2D eigenvalue weighted by atomic mass is 9.96. The van der Waals surface area contributed by atoms with E-state index in [1.54, 1.807) is 19.4 Å². The molecule has 0 amide bonds. The maximum Gasteiger partial charge on any atom is 0.417 e. The van der Waals surface area contributed by atoms with E-state index in [0.29, 0.717) is 5.56 Å². The van der Waals surface area contributed by atoms with Crippen LogP contribution in [0.1, 0.15) is 24.1 Å². The lowest BCUT2D eigenvalue weighted by Gasteiger charge is -2.17. The Labute approximate surface area is 187 Å². The third-order valence-electron chi connectivity index (χ3n) is 4.06. The summed E-state index contributed by atoms with van der Waals surface area (Å²) in [5.41, 5.74) is -0.472. The minimum absolute atomic E-state index is 0.0595. The van der Waals surface area contributed by atoms with Gasteiger partial charge in [-0.25, -0.2) is 18.1 Å². The topological polar surface area (TPSA) is 94.3 Å². The molecule has 0 aliphatic carbocycles. The smallest absolute Gasteiger partial charge is 0.271 e. The summed E-state index contributed by atoms with van der Waals surface area (Å²) in [5.74, 6) is 0. The van der Waals surface area contributed by atoms with Crippen molar-refractivity contribution in [2.45, 2.75) is 19.1 Å². The van der Waals surface area contributed by atoms with Crippen LogP contribution in [-0.4, -0.2) is 26.1 Å². The van der Waals surface area contributed by atoms with Crippen molar-refractivity contribution in [1.29, 1.82) is 5.26 Å². The van der Waals surface area contributed by atoms with Crippen LogP contribution in [0.15, 0.2) is 41.4 Å². The van der Waals surface area contributed by atoms with Crippen LogP contribution in [0.25, 0.3) is 11.1 Å². The average Bonchev–Trinajstić information content (AvgIpc) is 2.65. The highest BCUT2D eigenvalue weighted by molar-refractivity contribution is 8.13. The first-order valence-electron chi connectivity index (χ1n) is 8.62. The quantitative estimate of drug-likeness (QED) is 0.264. The Morgan fingerprint density at radius 3 is 2.35 bits per heavy atom. The second-order valence-electron chi connectivity index (χ2n) is 6.44. The molecule has 0 aliphatic heterocycles. The molecule has 0 bridgehead atoms. The van der Waals surface area contributed by atoms with Crippen LogP contribution in [0, 0.1) is 11.5 Å². The van der Waals surface area contributed by atoms with Crippen LogP contribution >= 0.6 is 23.4 Å². The zero-order chi connectivity index (χ0) is 23.4. The van der Waals surface area contributed by atoms with Gasteiger partial charge in [0.2, 0.25) is 10.0 Å². The van der Waals surface area contributed by atoms with E-state index in [9.17, 15) is 21.6 Å². The fourth-order valence-corrected chi connectivity index (χ4v) is 4.24. The second kappa shape index (κ2) is 9.91. The molecule has 0 saturated carbocycles. The highest BCUT2D eigenvalue weighted by atomic mass is 35.5. The summed E-state index contributed by atoms with van der Waals surface area (Å²) in [4.78, 5) is 4.00. The summed E-state index contributed by atoms with van der Waals surface area (Å²) in [6.07, 6.45) is -0.412. The number of nitriles is 1. The second-order valence-corrected chi connectivity index (χ2v) is 9.42. The van der Waals surface area contributed by atoms with E-state index in [-0.39, 0.29) is 27.0 Å². The Bertz CT molecular complexity index is 1130. The number of nitrogens with zero attached hydrogens (tertiary/aromatic N) is 2. The van der Waals surface area contributed by atoms with E-state index in [1.165, 1.54) is 30.3 Å². The molecule has 0 aliphatic rings. The van der Waals surface area contributed by atoms with Gasteiger partial charge in [0.25, 0.3) is 0 Å². The monoisotopic (exact) mass is 490 g/mol. The molecule has 2 aromatic rings. The van der Waals surface area contributed by atoms with Gasteiger partial charge < -0.3 is 0 Å². The first kappa shape index (κ1) is 25.0. The molecule has 2 N–H and O–H groups in total. The number of rotatable bonds is 5. The molecule has 2 rings (SSSR count). The molecule has 31 heavy (non-hydrogen) atoms. The number of nitrogens with one attached hydrogen (secondary N) is 2. The third kappa shape index (κ3) is 6.87. The summed E-state index contributed by atoms with van der Waals surface area (Å²) >= 11 is 7.28. The molecule has 0 aromatic heterocycles. The minimum atomic E-state index is -4.71. The molecule has 2 aromatic carbocycles. The maximum absolute atomic E-state index is 13.8. The van der Waals surface area contributed by atoms with E-state index in [1.807, 2.05) is 0 Å². The van der Waals surface area contributed by atoms with Crippen molar-refractivity contribution in [2.24, 2.45) is 4.99 Å². The number of sulfonamides is 1.